The highest BCUT2D eigenvalue weighted by Gasteiger charge is 2.10. The molecular weight excluding hydrogens is 260 g/mol. The van der Waals surface area contributed by atoms with E-state index in [4.69, 9.17) is 0 Å². The number of aromatic nitrogens is 4. The van der Waals surface area contributed by atoms with Crippen LogP contribution in [0.5, 0.6) is 0 Å². The summed E-state index contributed by atoms with van der Waals surface area (Å²) >= 11 is 0. The summed E-state index contributed by atoms with van der Waals surface area (Å²) in [6.45, 7) is 10.6. The van der Waals surface area contributed by atoms with Crippen molar-refractivity contribution in [3.8, 4) is 0 Å². The molecule has 0 bridgehead atoms. The van der Waals surface area contributed by atoms with Gasteiger partial charge in [-0.15, -0.1) is 0 Å². The summed E-state index contributed by atoms with van der Waals surface area (Å²) in [7, 11) is 0. The second-order valence-electron chi connectivity index (χ2n) is 4.94. The van der Waals surface area contributed by atoms with Crippen LogP contribution in [0.3, 0.4) is 0 Å². The van der Waals surface area contributed by atoms with Gasteiger partial charge in [-0.2, -0.15) is 0 Å². The van der Waals surface area contributed by atoms with E-state index in [9.17, 15) is 0 Å². The third-order valence-electron chi connectivity index (χ3n) is 3.43. The fourth-order valence-electron chi connectivity index (χ4n) is 2.22. The van der Waals surface area contributed by atoms with Crippen LogP contribution < -0.4 is 0 Å². The smallest absolute Gasteiger partial charge is 0.164 e. The predicted molar refractivity (Wildman–Crippen MR) is 87.1 cm³/mol. The number of rotatable bonds is 6. The van der Waals surface area contributed by atoms with E-state index >= 15 is 0 Å². The van der Waals surface area contributed by atoms with Gasteiger partial charge >= 0.3 is 0 Å². The number of imidazole rings is 1. The van der Waals surface area contributed by atoms with Crippen LogP contribution in [0.4, 0.5) is 0 Å². The van der Waals surface area contributed by atoms with Crippen molar-refractivity contribution in [2.24, 2.45) is 0 Å². The SMILES string of the molecule is C=CC=CC/C(=C\C)Cn1cnc2c(C)nc(CC)nc21. The van der Waals surface area contributed by atoms with Gasteiger partial charge < -0.3 is 4.57 Å². The molecule has 2 rings (SSSR count). The minimum absolute atomic E-state index is 0.800. The lowest BCUT2D eigenvalue weighted by Gasteiger charge is -2.07. The largest absolute Gasteiger partial charge is 0.311 e. The van der Waals surface area contributed by atoms with Crippen LogP contribution in [-0.2, 0) is 13.0 Å². The minimum atomic E-state index is 0.800. The minimum Gasteiger partial charge on any atom is -0.311 e. The summed E-state index contributed by atoms with van der Waals surface area (Å²) < 4.78 is 2.10. The Morgan fingerprint density at radius 2 is 2.19 bits per heavy atom. The van der Waals surface area contributed by atoms with Crippen LogP contribution in [0.2, 0.25) is 0 Å². The van der Waals surface area contributed by atoms with E-state index in [2.05, 4.69) is 52.1 Å². The van der Waals surface area contributed by atoms with Gasteiger partial charge in [0.15, 0.2) is 5.65 Å². The van der Waals surface area contributed by atoms with E-state index in [0.717, 1.165) is 42.1 Å². The van der Waals surface area contributed by atoms with Crippen LogP contribution in [0.25, 0.3) is 11.2 Å². The lowest BCUT2D eigenvalue weighted by Crippen LogP contribution is -2.03. The second-order valence-corrected chi connectivity index (χ2v) is 4.94. The van der Waals surface area contributed by atoms with E-state index in [-0.39, 0.29) is 0 Å². The first-order valence-electron chi connectivity index (χ1n) is 7.29. The molecule has 0 aliphatic rings. The van der Waals surface area contributed by atoms with Gasteiger partial charge in [0.1, 0.15) is 11.3 Å². The molecular formula is C17H22N4. The maximum Gasteiger partial charge on any atom is 0.164 e. The molecule has 0 atom stereocenters. The maximum absolute atomic E-state index is 4.63. The molecule has 0 aromatic carbocycles. The standard InChI is InChI=1S/C17H22N4/c1-5-8-9-10-14(6-2)11-21-12-18-16-13(4)19-15(7-3)20-17(16)21/h5-6,8-9,12H,1,7,10-11H2,2-4H3/b9-8?,14-6+. The predicted octanol–water partition coefficient (Wildman–Crippen LogP) is 3.78. The van der Waals surface area contributed by atoms with Crippen molar-refractivity contribution in [3.05, 3.63) is 54.3 Å². The Kier molecular flexibility index (Phi) is 5.04. The molecule has 0 aliphatic carbocycles. The van der Waals surface area contributed by atoms with Crippen LogP contribution in [0, 0.1) is 6.92 Å². The molecule has 0 spiro atoms. The second kappa shape index (κ2) is 6.97. The molecule has 2 heterocycles. The maximum atomic E-state index is 4.63. The summed E-state index contributed by atoms with van der Waals surface area (Å²) in [5.74, 6) is 0.871. The van der Waals surface area contributed by atoms with Crippen molar-refractivity contribution in [2.45, 2.75) is 40.2 Å². The van der Waals surface area contributed by atoms with Gasteiger partial charge in [0, 0.05) is 13.0 Å². The summed E-state index contributed by atoms with van der Waals surface area (Å²) in [6, 6.07) is 0. The topological polar surface area (TPSA) is 43.6 Å². The highest BCUT2D eigenvalue weighted by atomic mass is 15.1. The van der Waals surface area contributed by atoms with E-state index < -0.39 is 0 Å². The number of hydrogen-bond acceptors (Lipinski definition) is 3. The molecule has 0 saturated heterocycles. The summed E-state index contributed by atoms with van der Waals surface area (Å²) in [5, 5.41) is 0. The van der Waals surface area contributed by atoms with Gasteiger partial charge in [-0.1, -0.05) is 43.4 Å². The van der Waals surface area contributed by atoms with Crippen molar-refractivity contribution >= 4 is 11.2 Å². The summed E-state index contributed by atoms with van der Waals surface area (Å²) in [5.41, 5.74) is 4.08. The van der Waals surface area contributed by atoms with Crippen LogP contribution in [-0.4, -0.2) is 19.5 Å². The Hall–Kier alpha value is -2.23. The first kappa shape index (κ1) is 15.2. The monoisotopic (exact) mass is 282 g/mol. The highest BCUT2D eigenvalue weighted by molar-refractivity contribution is 5.73. The van der Waals surface area contributed by atoms with E-state index in [1.165, 1.54) is 5.57 Å². The van der Waals surface area contributed by atoms with Crippen LogP contribution in [0.1, 0.15) is 31.8 Å². The molecule has 0 radical (unpaired) electrons. The zero-order valence-electron chi connectivity index (χ0n) is 13.0. The Balaban J connectivity index is 2.31. The molecule has 4 nitrogen and oxygen atoms in total. The molecule has 4 heteroatoms. The molecule has 2 aromatic heterocycles. The summed E-state index contributed by atoms with van der Waals surface area (Å²) in [6.07, 6.45) is 11.6. The fraction of sp³-hybridized carbons (Fsp3) is 0.353. The zero-order valence-corrected chi connectivity index (χ0v) is 13.0. The lowest BCUT2D eigenvalue weighted by atomic mass is 10.1. The Bertz CT molecular complexity index is 692. The first-order valence-corrected chi connectivity index (χ1v) is 7.29. The van der Waals surface area contributed by atoms with Crippen molar-refractivity contribution in [1.29, 1.82) is 0 Å². The van der Waals surface area contributed by atoms with Crippen molar-refractivity contribution in [2.75, 3.05) is 0 Å². The van der Waals surface area contributed by atoms with Crippen molar-refractivity contribution in [3.63, 3.8) is 0 Å². The number of aryl methyl sites for hydroxylation is 2. The average molecular weight is 282 g/mol. The van der Waals surface area contributed by atoms with E-state index in [1.54, 1.807) is 6.08 Å². The number of allylic oxidation sites excluding steroid dienone is 5. The van der Waals surface area contributed by atoms with Gasteiger partial charge in [0.2, 0.25) is 0 Å². The van der Waals surface area contributed by atoms with E-state index in [1.807, 2.05) is 19.3 Å². The average Bonchev–Trinajstić information content (AvgIpc) is 2.89. The molecule has 0 aliphatic heterocycles. The third kappa shape index (κ3) is 3.45. The summed E-state index contributed by atoms with van der Waals surface area (Å²) in [4.78, 5) is 13.5. The van der Waals surface area contributed by atoms with Gasteiger partial charge in [-0.05, 0) is 20.3 Å². The van der Waals surface area contributed by atoms with Gasteiger partial charge in [-0.3, -0.25) is 0 Å². The van der Waals surface area contributed by atoms with E-state index in [0.29, 0.717) is 0 Å². The zero-order chi connectivity index (χ0) is 15.2. The number of fused-ring (bicyclic) bond motifs is 1. The Labute approximate surface area is 126 Å². The highest BCUT2D eigenvalue weighted by Crippen LogP contribution is 2.16. The lowest BCUT2D eigenvalue weighted by molar-refractivity contribution is 0.775. The Morgan fingerprint density at radius 1 is 1.38 bits per heavy atom. The first-order chi connectivity index (χ1) is 10.2. The van der Waals surface area contributed by atoms with Crippen LogP contribution >= 0.6 is 0 Å². The quantitative estimate of drug-likeness (QED) is 0.598. The Morgan fingerprint density at radius 3 is 2.86 bits per heavy atom. The molecule has 0 N–H and O–H groups in total. The fourth-order valence-corrected chi connectivity index (χ4v) is 2.22. The molecule has 0 amide bonds. The third-order valence-corrected chi connectivity index (χ3v) is 3.43. The molecule has 2 aromatic rings. The molecule has 0 unspecified atom stereocenters. The number of nitrogens with zero attached hydrogens (tertiary/aromatic N) is 4. The van der Waals surface area contributed by atoms with Gasteiger partial charge in [0.05, 0.1) is 12.0 Å². The normalized spacial score (nSPS) is 12.4. The molecule has 0 fully saturated rings. The molecule has 0 saturated carbocycles. The van der Waals surface area contributed by atoms with Crippen molar-refractivity contribution < 1.29 is 0 Å². The molecule has 21 heavy (non-hydrogen) atoms. The van der Waals surface area contributed by atoms with Crippen LogP contribution in [0.15, 0.2) is 42.8 Å². The van der Waals surface area contributed by atoms with Gasteiger partial charge in [-0.25, -0.2) is 15.0 Å². The number of hydrogen-bond donors (Lipinski definition) is 0. The van der Waals surface area contributed by atoms with Crippen molar-refractivity contribution in [1.82, 2.24) is 19.5 Å². The molecule has 110 valence electrons. The van der Waals surface area contributed by atoms with Gasteiger partial charge in [0.25, 0.3) is 0 Å².